The summed E-state index contributed by atoms with van der Waals surface area (Å²) in [6.07, 6.45) is 0.935. The molecule has 0 unspecified atom stereocenters. The molecule has 0 fully saturated rings. The summed E-state index contributed by atoms with van der Waals surface area (Å²) in [4.78, 5) is 11.9. The van der Waals surface area contributed by atoms with E-state index < -0.39 is 18.2 Å². The van der Waals surface area contributed by atoms with E-state index in [0.717, 1.165) is 11.3 Å². The molecule has 0 N–H and O–H groups in total. The molecule has 0 radical (unpaired) electrons. The minimum Gasteiger partial charge on any atom is -0.460 e. The third-order valence-corrected chi connectivity index (χ3v) is 3.71. The zero-order chi connectivity index (χ0) is 18.9. The summed E-state index contributed by atoms with van der Waals surface area (Å²) in [5.74, 6) is 0.214. The summed E-state index contributed by atoms with van der Waals surface area (Å²) in [5, 5.41) is 0. The van der Waals surface area contributed by atoms with Crippen LogP contribution in [-0.2, 0) is 16.1 Å². The summed E-state index contributed by atoms with van der Waals surface area (Å²) in [5.41, 5.74) is 1.47. The Morgan fingerprint density at radius 3 is 2.26 bits per heavy atom. The lowest BCUT2D eigenvalue weighted by molar-refractivity contribution is -0.144. The molecular formula is C23H19FO3. The summed E-state index contributed by atoms with van der Waals surface area (Å²) < 4.78 is 24.8. The summed E-state index contributed by atoms with van der Waals surface area (Å²) in [6.45, 7) is 0.0590. The number of rotatable bonds is 7. The maximum Gasteiger partial charge on any atom is 0.312 e. The SMILES string of the molecule is O=C(C/C(F)=C\c1ccccc1)OCc1cccc(Oc2ccccc2)c1. The third-order valence-electron chi connectivity index (χ3n) is 3.71. The average molecular weight is 362 g/mol. The predicted octanol–water partition coefficient (Wildman–Crippen LogP) is 5.92. The number of benzene rings is 3. The largest absolute Gasteiger partial charge is 0.460 e. The zero-order valence-corrected chi connectivity index (χ0v) is 14.7. The first-order valence-electron chi connectivity index (χ1n) is 8.57. The zero-order valence-electron chi connectivity index (χ0n) is 14.7. The van der Waals surface area contributed by atoms with Crippen molar-refractivity contribution in [3.8, 4) is 11.5 Å². The maximum atomic E-state index is 13.9. The molecule has 27 heavy (non-hydrogen) atoms. The lowest BCUT2D eigenvalue weighted by Gasteiger charge is -2.08. The van der Waals surface area contributed by atoms with Crippen LogP contribution in [0.4, 0.5) is 4.39 Å². The number of para-hydroxylation sites is 1. The molecule has 0 aliphatic carbocycles. The van der Waals surface area contributed by atoms with Gasteiger partial charge >= 0.3 is 5.97 Å². The van der Waals surface area contributed by atoms with Gasteiger partial charge in [-0.3, -0.25) is 4.79 Å². The molecule has 0 amide bonds. The molecule has 0 atom stereocenters. The number of esters is 1. The summed E-state index contributed by atoms with van der Waals surface area (Å²) in [6, 6.07) is 25.6. The molecule has 0 aliphatic rings. The van der Waals surface area contributed by atoms with E-state index in [2.05, 4.69) is 0 Å². The van der Waals surface area contributed by atoms with Gasteiger partial charge < -0.3 is 9.47 Å². The maximum absolute atomic E-state index is 13.9. The Balaban J connectivity index is 1.53. The van der Waals surface area contributed by atoms with E-state index in [1.165, 1.54) is 6.08 Å². The number of carbonyl (C=O) groups excluding carboxylic acids is 1. The Morgan fingerprint density at radius 1 is 0.852 bits per heavy atom. The molecule has 4 heteroatoms. The van der Waals surface area contributed by atoms with Crippen molar-refractivity contribution < 1.29 is 18.7 Å². The number of carbonyl (C=O) groups is 1. The van der Waals surface area contributed by atoms with Crippen molar-refractivity contribution in [2.45, 2.75) is 13.0 Å². The van der Waals surface area contributed by atoms with E-state index >= 15 is 0 Å². The van der Waals surface area contributed by atoms with Crippen LogP contribution in [0.1, 0.15) is 17.5 Å². The Hall–Kier alpha value is -3.40. The molecular weight excluding hydrogens is 343 g/mol. The second kappa shape index (κ2) is 9.34. The van der Waals surface area contributed by atoms with E-state index in [1.54, 1.807) is 18.2 Å². The van der Waals surface area contributed by atoms with Crippen molar-refractivity contribution in [1.29, 1.82) is 0 Å². The Kier molecular flexibility index (Phi) is 6.36. The highest BCUT2D eigenvalue weighted by Crippen LogP contribution is 2.22. The molecule has 0 aliphatic heterocycles. The van der Waals surface area contributed by atoms with Crippen LogP contribution in [0, 0.1) is 0 Å². The third kappa shape index (κ3) is 6.12. The Morgan fingerprint density at radius 2 is 1.52 bits per heavy atom. The van der Waals surface area contributed by atoms with Crippen molar-refractivity contribution in [1.82, 2.24) is 0 Å². The van der Waals surface area contributed by atoms with Crippen LogP contribution in [0.25, 0.3) is 6.08 Å². The van der Waals surface area contributed by atoms with Crippen molar-refractivity contribution in [2.24, 2.45) is 0 Å². The van der Waals surface area contributed by atoms with Gasteiger partial charge in [-0.15, -0.1) is 0 Å². The van der Waals surface area contributed by atoms with Gasteiger partial charge in [0.2, 0.25) is 0 Å². The highest BCUT2D eigenvalue weighted by Gasteiger charge is 2.08. The van der Waals surface area contributed by atoms with Gasteiger partial charge in [0.05, 0.1) is 6.42 Å². The molecule has 3 aromatic rings. The molecule has 0 saturated carbocycles. The molecule has 0 saturated heterocycles. The quantitative estimate of drug-likeness (QED) is 0.489. The number of ether oxygens (including phenoxy) is 2. The van der Waals surface area contributed by atoms with Crippen LogP contribution < -0.4 is 4.74 Å². The van der Waals surface area contributed by atoms with Crippen LogP contribution in [0.3, 0.4) is 0 Å². The van der Waals surface area contributed by atoms with E-state index in [1.807, 2.05) is 66.7 Å². The summed E-state index contributed by atoms with van der Waals surface area (Å²) >= 11 is 0. The van der Waals surface area contributed by atoms with Gasteiger partial charge in [0, 0.05) is 0 Å². The molecule has 3 aromatic carbocycles. The number of hydrogen-bond donors (Lipinski definition) is 0. The second-order valence-electron chi connectivity index (χ2n) is 5.90. The van der Waals surface area contributed by atoms with Crippen LogP contribution in [-0.4, -0.2) is 5.97 Å². The van der Waals surface area contributed by atoms with Gasteiger partial charge in [-0.05, 0) is 41.5 Å². The van der Waals surface area contributed by atoms with Gasteiger partial charge in [0.1, 0.15) is 23.9 Å². The van der Waals surface area contributed by atoms with Gasteiger partial charge in [-0.25, -0.2) is 4.39 Å². The van der Waals surface area contributed by atoms with Crippen molar-refractivity contribution in [3.63, 3.8) is 0 Å². The van der Waals surface area contributed by atoms with E-state index in [9.17, 15) is 9.18 Å². The minimum absolute atomic E-state index is 0.0590. The number of hydrogen-bond acceptors (Lipinski definition) is 3. The van der Waals surface area contributed by atoms with Crippen molar-refractivity contribution in [3.05, 3.63) is 102 Å². The topological polar surface area (TPSA) is 35.5 Å². The van der Waals surface area contributed by atoms with Crippen molar-refractivity contribution in [2.75, 3.05) is 0 Å². The van der Waals surface area contributed by atoms with Gasteiger partial charge in [-0.1, -0.05) is 60.7 Å². The molecule has 3 nitrogen and oxygen atoms in total. The molecule has 136 valence electrons. The predicted molar refractivity (Wildman–Crippen MR) is 103 cm³/mol. The smallest absolute Gasteiger partial charge is 0.312 e. The van der Waals surface area contributed by atoms with Crippen LogP contribution in [0.2, 0.25) is 0 Å². The van der Waals surface area contributed by atoms with Gasteiger partial charge in [0.25, 0.3) is 0 Å². The van der Waals surface area contributed by atoms with Crippen molar-refractivity contribution >= 4 is 12.0 Å². The standard InChI is InChI=1S/C23H19FO3/c24-20(14-18-8-3-1-4-9-18)16-23(25)26-17-19-10-7-13-22(15-19)27-21-11-5-2-6-12-21/h1-15H,16-17H2/b20-14+. The fraction of sp³-hybridized carbons (Fsp3) is 0.0870. The first-order chi connectivity index (χ1) is 13.2. The fourth-order valence-electron chi connectivity index (χ4n) is 2.46. The molecule has 0 bridgehead atoms. The van der Waals surface area contributed by atoms with Gasteiger partial charge in [0.15, 0.2) is 0 Å². The monoisotopic (exact) mass is 362 g/mol. The fourth-order valence-corrected chi connectivity index (χ4v) is 2.46. The first-order valence-corrected chi connectivity index (χ1v) is 8.57. The first kappa shape index (κ1) is 18.4. The minimum atomic E-state index is -0.617. The lowest BCUT2D eigenvalue weighted by atomic mass is 10.2. The van der Waals surface area contributed by atoms with Crippen LogP contribution >= 0.6 is 0 Å². The Bertz CT molecular complexity index is 905. The highest BCUT2D eigenvalue weighted by atomic mass is 19.1. The van der Waals surface area contributed by atoms with Crippen LogP contribution in [0.15, 0.2) is 90.8 Å². The number of halogens is 1. The van der Waals surface area contributed by atoms with Crippen LogP contribution in [0.5, 0.6) is 11.5 Å². The molecule has 0 aromatic heterocycles. The molecule has 3 rings (SSSR count). The second-order valence-corrected chi connectivity index (χ2v) is 5.90. The van der Waals surface area contributed by atoms with E-state index in [0.29, 0.717) is 11.3 Å². The van der Waals surface area contributed by atoms with Gasteiger partial charge in [-0.2, -0.15) is 0 Å². The van der Waals surface area contributed by atoms with E-state index in [4.69, 9.17) is 9.47 Å². The highest BCUT2D eigenvalue weighted by molar-refractivity contribution is 5.73. The molecule has 0 spiro atoms. The Labute approximate surface area is 157 Å². The molecule has 0 heterocycles. The normalized spacial score (nSPS) is 11.1. The lowest BCUT2D eigenvalue weighted by Crippen LogP contribution is -2.04. The van der Waals surface area contributed by atoms with E-state index in [-0.39, 0.29) is 6.61 Å². The average Bonchev–Trinajstić information content (AvgIpc) is 2.68. The summed E-state index contributed by atoms with van der Waals surface area (Å²) in [7, 11) is 0.